The van der Waals surface area contributed by atoms with Crippen LogP contribution in [0.4, 0.5) is 13.2 Å². The van der Waals surface area contributed by atoms with Gasteiger partial charge in [0.05, 0.1) is 42.2 Å². The number of halogens is 3. The lowest BCUT2D eigenvalue weighted by atomic mass is 9.95. The second-order valence-corrected chi connectivity index (χ2v) is 10.2. The standard InChI is InChI=1S/C30H25F3N2O6S/c1-5-40-28(37)25-16(2)34-29-35(26(25)21-14-19(38-3)9-12-23(21)39-4)27(36)24(42-29)15-20-10-11-22(41-20)17-7-6-8-18(13-17)30(31,32)33/h6-15,26H,5H2,1-4H3/t26-/m1/s1. The number of alkyl halides is 3. The van der Waals surface area contributed by atoms with Gasteiger partial charge in [0, 0.05) is 17.2 Å². The van der Waals surface area contributed by atoms with E-state index in [1.165, 1.54) is 43.1 Å². The van der Waals surface area contributed by atoms with Gasteiger partial charge in [-0.25, -0.2) is 9.79 Å². The zero-order valence-corrected chi connectivity index (χ0v) is 23.8. The maximum Gasteiger partial charge on any atom is 0.416 e. The molecule has 0 radical (unpaired) electrons. The van der Waals surface area contributed by atoms with Crippen LogP contribution in [0.25, 0.3) is 17.4 Å². The fourth-order valence-electron chi connectivity index (χ4n) is 4.70. The first-order valence-electron chi connectivity index (χ1n) is 12.7. The van der Waals surface area contributed by atoms with Gasteiger partial charge >= 0.3 is 12.1 Å². The van der Waals surface area contributed by atoms with Crippen molar-refractivity contribution in [1.29, 1.82) is 0 Å². The Morgan fingerprint density at radius 1 is 1.12 bits per heavy atom. The molecule has 0 saturated carbocycles. The van der Waals surface area contributed by atoms with Gasteiger partial charge in [-0.3, -0.25) is 9.36 Å². The van der Waals surface area contributed by atoms with Crippen molar-refractivity contribution in [1.82, 2.24) is 4.57 Å². The van der Waals surface area contributed by atoms with Crippen molar-refractivity contribution in [2.45, 2.75) is 26.1 Å². The number of allylic oxidation sites excluding steroid dienone is 1. The molecule has 3 heterocycles. The topological polar surface area (TPSA) is 92.3 Å². The highest BCUT2D eigenvalue weighted by molar-refractivity contribution is 7.07. The predicted octanol–water partition coefficient (Wildman–Crippen LogP) is 5.09. The minimum Gasteiger partial charge on any atom is -0.497 e. The zero-order chi connectivity index (χ0) is 30.2. The second kappa shape index (κ2) is 11.4. The lowest BCUT2D eigenvalue weighted by molar-refractivity contribution is -0.139. The van der Waals surface area contributed by atoms with Crippen LogP contribution >= 0.6 is 11.3 Å². The van der Waals surface area contributed by atoms with E-state index in [-0.39, 0.29) is 33.8 Å². The Kier molecular flexibility index (Phi) is 7.83. The van der Waals surface area contributed by atoms with Gasteiger partial charge in [-0.2, -0.15) is 13.2 Å². The number of methoxy groups -OCH3 is 2. The highest BCUT2D eigenvalue weighted by Gasteiger charge is 2.35. The number of aromatic nitrogens is 1. The van der Waals surface area contributed by atoms with Crippen LogP contribution in [0.2, 0.25) is 0 Å². The van der Waals surface area contributed by atoms with Crippen LogP contribution in [-0.2, 0) is 15.7 Å². The molecule has 0 aliphatic carbocycles. The number of hydrogen-bond acceptors (Lipinski definition) is 8. The molecule has 1 aliphatic heterocycles. The number of fused-ring (bicyclic) bond motifs is 1. The smallest absolute Gasteiger partial charge is 0.416 e. The molecule has 0 saturated heterocycles. The molecule has 8 nitrogen and oxygen atoms in total. The molecule has 1 aliphatic rings. The lowest BCUT2D eigenvalue weighted by Gasteiger charge is -2.26. The molecular formula is C30H25F3N2O6S. The highest BCUT2D eigenvalue weighted by Crippen LogP contribution is 2.38. The van der Waals surface area contributed by atoms with Crippen LogP contribution < -0.4 is 24.4 Å². The van der Waals surface area contributed by atoms with E-state index in [2.05, 4.69) is 4.99 Å². The molecule has 5 rings (SSSR count). The summed E-state index contributed by atoms with van der Waals surface area (Å²) in [5.41, 5.74) is 0.0255. The predicted molar refractivity (Wildman–Crippen MR) is 149 cm³/mol. The minimum atomic E-state index is -4.50. The van der Waals surface area contributed by atoms with E-state index in [4.69, 9.17) is 18.6 Å². The normalized spacial score (nSPS) is 15.3. The van der Waals surface area contributed by atoms with E-state index < -0.39 is 29.3 Å². The van der Waals surface area contributed by atoms with Crippen molar-refractivity contribution < 1.29 is 36.6 Å². The van der Waals surface area contributed by atoms with Gasteiger partial charge < -0.3 is 18.6 Å². The zero-order valence-electron chi connectivity index (χ0n) is 22.9. The summed E-state index contributed by atoms with van der Waals surface area (Å²) in [6.07, 6.45) is -3.01. The van der Waals surface area contributed by atoms with Crippen LogP contribution in [0.3, 0.4) is 0 Å². The quantitative estimate of drug-likeness (QED) is 0.275. The average molecular weight is 599 g/mol. The Morgan fingerprint density at radius 3 is 2.60 bits per heavy atom. The number of carbonyl (C=O) groups excluding carboxylic acids is 1. The summed E-state index contributed by atoms with van der Waals surface area (Å²) in [6.45, 7) is 3.46. The molecular weight excluding hydrogens is 573 g/mol. The maximum atomic E-state index is 13.9. The van der Waals surface area contributed by atoms with Crippen LogP contribution in [-0.4, -0.2) is 31.4 Å². The van der Waals surface area contributed by atoms with E-state index in [0.717, 1.165) is 23.5 Å². The summed E-state index contributed by atoms with van der Waals surface area (Å²) in [5, 5.41) is 0. The molecule has 2 aromatic carbocycles. The summed E-state index contributed by atoms with van der Waals surface area (Å²) in [5.74, 6) is 0.746. The summed E-state index contributed by atoms with van der Waals surface area (Å²) >= 11 is 1.08. The molecule has 0 bridgehead atoms. The summed E-state index contributed by atoms with van der Waals surface area (Å²) < 4.78 is 63.3. The van der Waals surface area contributed by atoms with Gasteiger partial charge in [-0.15, -0.1) is 0 Å². The fraction of sp³-hybridized carbons (Fsp3) is 0.233. The number of esters is 1. The molecule has 0 spiro atoms. The number of benzene rings is 2. The minimum absolute atomic E-state index is 0.120. The van der Waals surface area contributed by atoms with Crippen LogP contribution in [0.1, 0.15) is 36.8 Å². The molecule has 0 N–H and O–H groups in total. The monoisotopic (exact) mass is 598 g/mol. The van der Waals surface area contributed by atoms with Crippen molar-refractivity contribution in [3.8, 4) is 22.8 Å². The molecule has 12 heteroatoms. The molecule has 0 unspecified atom stereocenters. The third-order valence-corrected chi connectivity index (χ3v) is 7.61. The second-order valence-electron chi connectivity index (χ2n) is 9.19. The van der Waals surface area contributed by atoms with Gasteiger partial charge in [0.25, 0.3) is 5.56 Å². The number of thiazole rings is 1. The van der Waals surface area contributed by atoms with Crippen molar-refractivity contribution >= 4 is 23.4 Å². The number of hydrogen-bond donors (Lipinski definition) is 0. The highest BCUT2D eigenvalue weighted by atomic mass is 32.1. The van der Waals surface area contributed by atoms with E-state index in [1.807, 2.05) is 0 Å². The third-order valence-electron chi connectivity index (χ3n) is 6.62. The van der Waals surface area contributed by atoms with Crippen LogP contribution in [0, 0.1) is 0 Å². The first-order chi connectivity index (χ1) is 20.0. The third kappa shape index (κ3) is 5.37. The van der Waals surface area contributed by atoms with E-state index in [1.54, 1.807) is 38.1 Å². The molecule has 4 aromatic rings. The van der Waals surface area contributed by atoms with Crippen molar-refractivity contribution in [2.24, 2.45) is 4.99 Å². The summed E-state index contributed by atoms with van der Waals surface area (Å²) in [4.78, 5) is 31.9. The number of nitrogens with zero attached hydrogens (tertiary/aromatic N) is 2. The summed E-state index contributed by atoms with van der Waals surface area (Å²) in [6, 6.07) is 12.0. The van der Waals surface area contributed by atoms with Crippen molar-refractivity contribution in [3.63, 3.8) is 0 Å². The Bertz CT molecular complexity index is 1880. The van der Waals surface area contributed by atoms with Gasteiger partial charge in [0.15, 0.2) is 4.80 Å². The molecule has 0 amide bonds. The number of carbonyl (C=O) groups is 1. The molecule has 1 atom stereocenters. The largest absolute Gasteiger partial charge is 0.497 e. The Hall–Kier alpha value is -4.58. The van der Waals surface area contributed by atoms with Gasteiger partial charge in [-0.05, 0) is 56.3 Å². The molecule has 218 valence electrons. The Balaban J connectivity index is 1.65. The maximum absolute atomic E-state index is 13.9. The number of ether oxygens (including phenoxy) is 3. The molecule has 0 fully saturated rings. The van der Waals surface area contributed by atoms with E-state index in [0.29, 0.717) is 27.6 Å². The van der Waals surface area contributed by atoms with Gasteiger partial charge in [0.2, 0.25) is 0 Å². The van der Waals surface area contributed by atoms with Crippen molar-refractivity contribution in [2.75, 3.05) is 20.8 Å². The first kappa shape index (κ1) is 28.9. The Labute approximate surface area is 241 Å². The average Bonchev–Trinajstić information content (AvgIpc) is 3.55. The van der Waals surface area contributed by atoms with Gasteiger partial charge in [0.1, 0.15) is 29.1 Å². The number of furan rings is 1. The lowest BCUT2D eigenvalue weighted by Crippen LogP contribution is -2.40. The SMILES string of the molecule is CCOC(=O)C1=C(C)N=c2sc(=Cc3ccc(-c4cccc(C(F)(F)F)c4)o3)c(=O)n2[C@@H]1c1cc(OC)ccc1OC. The molecule has 2 aromatic heterocycles. The van der Waals surface area contributed by atoms with E-state index >= 15 is 0 Å². The molecule has 42 heavy (non-hydrogen) atoms. The van der Waals surface area contributed by atoms with E-state index in [9.17, 15) is 22.8 Å². The van der Waals surface area contributed by atoms with Crippen LogP contribution in [0.5, 0.6) is 11.5 Å². The van der Waals surface area contributed by atoms with Crippen molar-refractivity contribution in [3.05, 3.63) is 102 Å². The Morgan fingerprint density at radius 2 is 1.90 bits per heavy atom. The van der Waals surface area contributed by atoms with Gasteiger partial charge in [-0.1, -0.05) is 23.5 Å². The number of rotatable bonds is 7. The first-order valence-corrected chi connectivity index (χ1v) is 13.6. The van der Waals surface area contributed by atoms with Crippen LogP contribution in [0.15, 0.2) is 80.1 Å². The summed E-state index contributed by atoms with van der Waals surface area (Å²) in [7, 11) is 2.98. The fourth-order valence-corrected chi connectivity index (χ4v) is 5.73.